The van der Waals surface area contributed by atoms with Gasteiger partial charge in [-0.2, -0.15) is 0 Å². The number of imidazole rings is 1. The molecule has 32 heavy (non-hydrogen) atoms. The summed E-state index contributed by atoms with van der Waals surface area (Å²) >= 11 is 3.47. The van der Waals surface area contributed by atoms with Crippen LogP contribution >= 0.6 is 15.9 Å². The normalized spacial score (nSPS) is 18.3. The predicted octanol–water partition coefficient (Wildman–Crippen LogP) is 1.16. The average Bonchev–Trinajstić information content (AvgIpc) is 3.21. The first-order valence-corrected chi connectivity index (χ1v) is 11.3. The first-order chi connectivity index (χ1) is 15.3. The molecule has 1 N–H and O–H groups in total. The topological polar surface area (TPSA) is 82.2 Å². The van der Waals surface area contributed by atoms with Crippen LogP contribution in [-0.2, 0) is 9.59 Å². The van der Waals surface area contributed by atoms with Gasteiger partial charge in [0.15, 0.2) is 0 Å². The molecule has 1 aromatic carbocycles. The van der Waals surface area contributed by atoms with Crippen LogP contribution in [-0.4, -0.2) is 53.2 Å². The zero-order valence-electron chi connectivity index (χ0n) is 18.3. The molecule has 7 nitrogen and oxygen atoms in total. The number of carbonyl (C=O) groups excluding carboxylic acids is 2. The molecule has 1 amide bonds. The molecule has 4 rings (SSSR count). The maximum absolute atomic E-state index is 13.8. The van der Waals surface area contributed by atoms with Crippen LogP contribution in [0.1, 0.15) is 29.4 Å². The standard InChI is InChI=1S/C24H25BrN4O3/c1-15-20(28-12-5-4-10-18(28)26-15)22(30)19-21(16-8-6-9-17(25)14-16)29(24(32)23(19)31)13-7-11-27(2)3/h4-6,8-10,12,14,21,30H,7,11,13H2,1-3H3/b22-19+. The molecule has 1 fully saturated rings. The number of rotatable bonds is 6. The molecule has 0 spiro atoms. The number of pyridine rings is 1. The van der Waals surface area contributed by atoms with Crippen LogP contribution in [0.2, 0.25) is 0 Å². The van der Waals surface area contributed by atoms with E-state index in [-0.39, 0.29) is 5.57 Å². The fourth-order valence-electron chi connectivity index (χ4n) is 4.24. The van der Waals surface area contributed by atoms with Crippen LogP contribution in [0, 0.1) is 6.92 Å². The highest BCUT2D eigenvalue weighted by Crippen LogP contribution is 2.39. The Kier molecular flexibility index (Phi) is 6.17. The van der Waals surface area contributed by atoms with Crippen LogP contribution in [0.4, 0.5) is 0 Å². The van der Waals surface area contributed by atoms with Crippen LogP contribution in [0.3, 0.4) is 0 Å². The van der Waals surface area contributed by atoms with E-state index in [0.717, 1.165) is 23.0 Å². The second-order valence-electron chi connectivity index (χ2n) is 8.31. The van der Waals surface area contributed by atoms with E-state index in [4.69, 9.17) is 0 Å². The third-order valence-electron chi connectivity index (χ3n) is 5.69. The number of carbonyl (C=O) groups is 2. The Labute approximate surface area is 195 Å². The SMILES string of the molecule is Cc1nc2ccccn2c1/C([O-])=C1\C(=O)C(=O)N(CCC[NH+](C)C)C1c1cccc(Br)c1. The van der Waals surface area contributed by atoms with E-state index in [9.17, 15) is 14.7 Å². The van der Waals surface area contributed by atoms with E-state index in [2.05, 4.69) is 20.9 Å². The van der Waals surface area contributed by atoms with E-state index in [0.29, 0.717) is 23.6 Å². The molecular formula is C24H25BrN4O3. The number of fused-ring (bicyclic) bond motifs is 1. The predicted molar refractivity (Wildman–Crippen MR) is 123 cm³/mol. The van der Waals surface area contributed by atoms with Crippen LogP contribution in [0.25, 0.3) is 11.4 Å². The number of halogens is 1. The van der Waals surface area contributed by atoms with Gasteiger partial charge in [0, 0.05) is 29.2 Å². The highest BCUT2D eigenvalue weighted by atomic mass is 79.9. The van der Waals surface area contributed by atoms with Crippen molar-refractivity contribution in [3.05, 3.63) is 75.7 Å². The second-order valence-corrected chi connectivity index (χ2v) is 9.23. The number of aromatic nitrogens is 2. The molecule has 1 aliphatic heterocycles. The molecule has 0 bridgehead atoms. The van der Waals surface area contributed by atoms with Gasteiger partial charge >= 0.3 is 0 Å². The molecule has 0 aliphatic carbocycles. The van der Waals surface area contributed by atoms with Crippen LogP contribution in [0.5, 0.6) is 0 Å². The fourth-order valence-corrected chi connectivity index (χ4v) is 4.66. The zero-order chi connectivity index (χ0) is 23.0. The molecule has 0 saturated carbocycles. The van der Waals surface area contributed by atoms with Gasteiger partial charge in [0.05, 0.1) is 38.1 Å². The van der Waals surface area contributed by atoms with Crippen molar-refractivity contribution in [3.63, 3.8) is 0 Å². The second kappa shape index (κ2) is 8.88. The van der Waals surface area contributed by atoms with Crippen molar-refractivity contribution in [1.82, 2.24) is 14.3 Å². The lowest BCUT2D eigenvalue weighted by molar-refractivity contribution is -0.858. The zero-order valence-corrected chi connectivity index (χ0v) is 19.8. The molecule has 1 saturated heterocycles. The van der Waals surface area contributed by atoms with Crippen molar-refractivity contribution in [3.8, 4) is 0 Å². The number of benzene rings is 1. The molecule has 2 aromatic heterocycles. The quantitative estimate of drug-likeness (QED) is 0.315. The van der Waals surface area contributed by atoms with Crippen LogP contribution in [0.15, 0.2) is 58.7 Å². The highest BCUT2D eigenvalue weighted by molar-refractivity contribution is 9.10. The highest BCUT2D eigenvalue weighted by Gasteiger charge is 2.44. The number of quaternary nitrogens is 1. The number of Topliss-reactive ketones (excluding diaryl/α,β-unsaturated/α-hetero) is 1. The van der Waals surface area contributed by atoms with E-state index in [1.165, 1.54) is 4.90 Å². The van der Waals surface area contributed by atoms with Gasteiger partial charge in [-0.05, 0) is 36.8 Å². The molecular weight excluding hydrogens is 472 g/mol. The number of hydrogen-bond donors (Lipinski definition) is 1. The summed E-state index contributed by atoms with van der Waals surface area (Å²) in [7, 11) is 4.08. The average molecular weight is 497 g/mol. The van der Waals surface area contributed by atoms with Crippen molar-refractivity contribution in [2.24, 2.45) is 0 Å². The van der Waals surface area contributed by atoms with Gasteiger partial charge in [-0.25, -0.2) is 4.98 Å². The van der Waals surface area contributed by atoms with Gasteiger partial charge in [0.25, 0.3) is 5.91 Å². The van der Waals surface area contributed by atoms with Crippen molar-refractivity contribution >= 4 is 39.0 Å². The summed E-state index contributed by atoms with van der Waals surface area (Å²) in [6.07, 6.45) is 2.47. The lowest BCUT2D eigenvalue weighted by atomic mass is 9.96. The summed E-state index contributed by atoms with van der Waals surface area (Å²) in [6.45, 7) is 2.99. The van der Waals surface area contributed by atoms with Crippen molar-refractivity contribution in [1.29, 1.82) is 0 Å². The Morgan fingerprint density at radius 3 is 2.69 bits per heavy atom. The number of nitrogens with one attached hydrogen (secondary N) is 1. The molecule has 1 unspecified atom stereocenters. The first kappa shape index (κ1) is 22.2. The van der Waals surface area contributed by atoms with Gasteiger partial charge < -0.3 is 19.3 Å². The maximum Gasteiger partial charge on any atom is 0.295 e. The lowest BCUT2D eigenvalue weighted by Crippen LogP contribution is -3.05. The molecule has 166 valence electrons. The monoisotopic (exact) mass is 496 g/mol. The minimum absolute atomic E-state index is 0.0148. The summed E-state index contributed by atoms with van der Waals surface area (Å²) in [4.78, 5) is 33.5. The van der Waals surface area contributed by atoms with Crippen LogP contribution < -0.4 is 10.0 Å². The van der Waals surface area contributed by atoms with Gasteiger partial charge in [0.1, 0.15) is 5.65 Å². The minimum atomic E-state index is -0.734. The summed E-state index contributed by atoms with van der Waals surface area (Å²) < 4.78 is 2.50. The molecule has 0 radical (unpaired) electrons. The van der Waals surface area contributed by atoms with E-state index in [1.807, 2.05) is 44.4 Å². The van der Waals surface area contributed by atoms with E-state index >= 15 is 0 Å². The van der Waals surface area contributed by atoms with Crippen molar-refractivity contribution in [2.75, 3.05) is 27.2 Å². The molecule has 3 heterocycles. The third kappa shape index (κ3) is 3.96. The van der Waals surface area contributed by atoms with Gasteiger partial charge in [-0.1, -0.05) is 39.9 Å². The molecule has 1 atom stereocenters. The summed E-state index contributed by atoms with van der Waals surface area (Å²) in [5.41, 5.74) is 2.17. The maximum atomic E-state index is 13.8. The lowest BCUT2D eigenvalue weighted by Gasteiger charge is -2.27. The fraction of sp³-hybridized carbons (Fsp3) is 0.292. The Morgan fingerprint density at radius 2 is 1.97 bits per heavy atom. The first-order valence-electron chi connectivity index (χ1n) is 10.5. The third-order valence-corrected chi connectivity index (χ3v) is 6.18. The number of hydrogen-bond acceptors (Lipinski definition) is 4. The summed E-state index contributed by atoms with van der Waals surface area (Å²) in [5.74, 6) is -1.81. The van der Waals surface area contributed by atoms with Crippen molar-refractivity contribution < 1.29 is 19.6 Å². The van der Waals surface area contributed by atoms with Gasteiger partial charge in [0.2, 0.25) is 5.78 Å². The molecule has 1 aliphatic rings. The van der Waals surface area contributed by atoms with Gasteiger partial charge in [-0.15, -0.1) is 0 Å². The van der Waals surface area contributed by atoms with E-state index in [1.54, 1.807) is 34.6 Å². The Hall–Kier alpha value is -2.97. The number of likely N-dealkylation sites (tertiary alicyclic amines) is 1. The Morgan fingerprint density at radius 1 is 1.19 bits per heavy atom. The smallest absolute Gasteiger partial charge is 0.295 e. The summed E-state index contributed by atoms with van der Waals surface area (Å²) in [6, 6.07) is 12.1. The number of nitrogens with zero attached hydrogens (tertiary/aromatic N) is 3. The van der Waals surface area contributed by atoms with E-state index < -0.39 is 23.5 Å². The summed E-state index contributed by atoms with van der Waals surface area (Å²) in [5, 5.41) is 13.8. The van der Waals surface area contributed by atoms with Crippen molar-refractivity contribution in [2.45, 2.75) is 19.4 Å². The Bertz CT molecular complexity index is 1230. The Balaban J connectivity index is 1.89. The molecule has 3 aromatic rings. The van der Waals surface area contributed by atoms with Gasteiger partial charge in [-0.3, -0.25) is 9.59 Å². The number of ketones is 1. The largest absolute Gasteiger partial charge is 0.871 e. The molecule has 8 heteroatoms. The number of aryl methyl sites for hydroxylation is 1. The number of amides is 1. The minimum Gasteiger partial charge on any atom is -0.871 e.